The molecule has 0 radical (unpaired) electrons. The molecule has 0 aromatic heterocycles. The maximum Gasteiger partial charge on any atom is 0.241 e. The van der Waals surface area contributed by atoms with Gasteiger partial charge in [0.15, 0.2) is 0 Å². The van der Waals surface area contributed by atoms with Crippen molar-refractivity contribution in [2.45, 2.75) is 24.9 Å². The minimum absolute atomic E-state index is 0.0258. The molecule has 1 saturated heterocycles. The summed E-state index contributed by atoms with van der Waals surface area (Å²) in [7, 11) is 5.47. The fraction of sp³-hybridized carbons (Fsp3) is 0.909. The third-order valence-corrected chi connectivity index (χ3v) is 3.16. The molecule has 0 aliphatic carbocycles. The zero-order valence-electron chi connectivity index (χ0n) is 10.5. The average Bonchev–Trinajstić information content (AvgIpc) is 2.27. The predicted molar refractivity (Wildman–Crippen MR) is 63.1 cm³/mol. The van der Waals surface area contributed by atoms with Crippen molar-refractivity contribution in [3.63, 3.8) is 0 Å². The van der Waals surface area contributed by atoms with Crippen LogP contribution in [-0.2, 0) is 9.53 Å². The molecule has 2 atom stereocenters. The molecular weight excluding hydrogens is 206 g/mol. The van der Waals surface area contributed by atoms with E-state index in [0.717, 1.165) is 25.9 Å². The SMILES string of the molecule is COCC(N)C(=O)N(C)C1CCCN(C)C1. The van der Waals surface area contributed by atoms with E-state index in [0.29, 0.717) is 0 Å². The normalized spacial score (nSPS) is 24.1. The lowest BCUT2D eigenvalue weighted by molar-refractivity contribution is -0.135. The van der Waals surface area contributed by atoms with Crippen molar-refractivity contribution in [3.8, 4) is 0 Å². The molecule has 0 spiro atoms. The Kier molecular flexibility index (Phi) is 5.18. The lowest BCUT2D eigenvalue weighted by Crippen LogP contribution is -2.52. The Morgan fingerprint density at radius 2 is 2.38 bits per heavy atom. The molecule has 1 rings (SSSR count). The van der Waals surface area contributed by atoms with Crippen molar-refractivity contribution >= 4 is 5.91 Å². The van der Waals surface area contributed by atoms with Gasteiger partial charge in [-0.15, -0.1) is 0 Å². The number of hydrogen-bond acceptors (Lipinski definition) is 4. The van der Waals surface area contributed by atoms with E-state index < -0.39 is 6.04 Å². The molecule has 0 bridgehead atoms. The van der Waals surface area contributed by atoms with Crippen molar-refractivity contribution in [2.75, 3.05) is 40.9 Å². The van der Waals surface area contributed by atoms with Crippen LogP contribution in [0.25, 0.3) is 0 Å². The number of carbonyl (C=O) groups is 1. The topological polar surface area (TPSA) is 58.8 Å². The number of nitrogens with zero attached hydrogens (tertiary/aromatic N) is 2. The number of likely N-dealkylation sites (N-methyl/N-ethyl adjacent to an activating group) is 2. The third kappa shape index (κ3) is 3.43. The van der Waals surface area contributed by atoms with Gasteiger partial charge in [-0.25, -0.2) is 0 Å². The van der Waals surface area contributed by atoms with Crippen LogP contribution in [-0.4, -0.2) is 68.7 Å². The molecule has 94 valence electrons. The van der Waals surface area contributed by atoms with Gasteiger partial charge in [-0.2, -0.15) is 0 Å². The van der Waals surface area contributed by atoms with E-state index in [1.165, 1.54) is 0 Å². The number of piperidine rings is 1. The number of ether oxygens (including phenoxy) is 1. The molecule has 5 nitrogen and oxygen atoms in total. The zero-order valence-corrected chi connectivity index (χ0v) is 10.5. The molecule has 2 N–H and O–H groups in total. The highest BCUT2D eigenvalue weighted by Gasteiger charge is 2.27. The summed E-state index contributed by atoms with van der Waals surface area (Å²) in [6.45, 7) is 2.33. The Bertz CT molecular complexity index is 235. The van der Waals surface area contributed by atoms with Gasteiger partial charge in [-0.3, -0.25) is 4.79 Å². The highest BCUT2D eigenvalue weighted by atomic mass is 16.5. The Morgan fingerprint density at radius 1 is 1.69 bits per heavy atom. The second-order valence-corrected chi connectivity index (χ2v) is 4.57. The summed E-state index contributed by atoms with van der Waals surface area (Å²) >= 11 is 0. The van der Waals surface area contributed by atoms with Crippen molar-refractivity contribution in [2.24, 2.45) is 5.73 Å². The first-order chi connectivity index (χ1) is 7.56. The summed E-state index contributed by atoms with van der Waals surface area (Å²) < 4.78 is 4.90. The van der Waals surface area contributed by atoms with E-state index in [4.69, 9.17) is 10.5 Å². The molecule has 16 heavy (non-hydrogen) atoms. The van der Waals surface area contributed by atoms with Crippen LogP contribution in [0.1, 0.15) is 12.8 Å². The molecule has 5 heteroatoms. The first kappa shape index (κ1) is 13.4. The quantitative estimate of drug-likeness (QED) is 0.707. The van der Waals surface area contributed by atoms with Gasteiger partial charge in [-0.05, 0) is 26.4 Å². The first-order valence-corrected chi connectivity index (χ1v) is 5.76. The Balaban J connectivity index is 2.48. The molecule has 1 fully saturated rings. The van der Waals surface area contributed by atoms with Gasteiger partial charge >= 0.3 is 0 Å². The van der Waals surface area contributed by atoms with Crippen molar-refractivity contribution in [1.82, 2.24) is 9.80 Å². The van der Waals surface area contributed by atoms with E-state index in [9.17, 15) is 4.79 Å². The van der Waals surface area contributed by atoms with Crippen LogP contribution in [0.3, 0.4) is 0 Å². The minimum Gasteiger partial charge on any atom is -0.383 e. The number of amides is 1. The van der Waals surface area contributed by atoms with Crippen LogP contribution >= 0.6 is 0 Å². The largest absolute Gasteiger partial charge is 0.383 e. The Morgan fingerprint density at radius 3 is 2.94 bits per heavy atom. The molecule has 0 saturated carbocycles. The van der Waals surface area contributed by atoms with Crippen molar-refractivity contribution in [3.05, 3.63) is 0 Å². The van der Waals surface area contributed by atoms with Gasteiger partial charge in [0.05, 0.1) is 6.61 Å². The minimum atomic E-state index is -0.540. The van der Waals surface area contributed by atoms with Gasteiger partial charge in [0, 0.05) is 26.7 Å². The average molecular weight is 229 g/mol. The number of carbonyl (C=O) groups excluding carboxylic acids is 1. The summed E-state index contributed by atoms with van der Waals surface area (Å²) in [5.74, 6) is -0.0258. The van der Waals surface area contributed by atoms with Gasteiger partial charge < -0.3 is 20.3 Å². The lowest BCUT2D eigenvalue weighted by Gasteiger charge is -2.36. The fourth-order valence-electron chi connectivity index (χ4n) is 2.15. The predicted octanol–water partition coefficient (Wildman–Crippen LogP) is -0.487. The van der Waals surface area contributed by atoms with E-state index in [1.54, 1.807) is 12.0 Å². The van der Waals surface area contributed by atoms with Gasteiger partial charge in [-0.1, -0.05) is 0 Å². The summed E-state index contributed by atoms with van der Waals surface area (Å²) in [4.78, 5) is 16.0. The third-order valence-electron chi connectivity index (χ3n) is 3.16. The molecular formula is C11H23N3O2. The van der Waals surface area contributed by atoms with E-state index >= 15 is 0 Å². The second-order valence-electron chi connectivity index (χ2n) is 4.57. The number of rotatable bonds is 4. The van der Waals surface area contributed by atoms with Crippen LogP contribution in [0.4, 0.5) is 0 Å². The summed E-state index contributed by atoms with van der Waals surface area (Å²) in [5.41, 5.74) is 5.74. The highest BCUT2D eigenvalue weighted by Crippen LogP contribution is 2.13. The number of methoxy groups -OCH3 is 1. The van der Waals surface area contributed by atoms with Crippen LogP contribution in [0, 0.1) is 0 Å². The van der Waals surface area contributed by atoms with E-state index in [2.05, 4.69) is 11.9 Å². The Hall–Kier alpha value is -0.650. The van der Waals surface area contributed by atoms with Gasteiger partial charge in [0.1, 0.15) is 6.04 Å². The standard InChI is InChI=1S/C11H23N3O2/c1-13-6-4-5-9(7-13)14(2)11(15)10(12)8-16-3/h9-10H,4-8,12H2,1-3H3. The van der Waals surface area contributed by atoms with Gasteiger partial charge in [0.2, 0.25) is 5.91 Å². The molecule has 1 heterocycles. The summed E-state index contributed by atoms with van der Waals surface area (Å²) in [5, 5.41) is 0. The fourth-order valence-corrected chi connectivity index (χ4v) is 2.15. The first-order valence-electron chi connectivity index (χ1n) is 5.76. The second kappa shape index (κ2) is 6.18. The molecule has 2 unspecified atom stereocenters. The van der Waals surface area contributed by atoms with E-state index in [-0.39, 0.29) is 18.6 Å². The summed E-state index contributed by atoms with van der Waals surface area (Å²) in [6, 6.07) is -0.253. The van der Waals surface area contributed by atoms with Gasteiger partial charge in [0.25, 0.3) is 0 Å². The molecule has 1 amide bonds. The monoisotopic (exact) mass is 229 g/mol. The Labute approximate surface area is 97.5 Å². The van der Waals surface area contributed by atoms with Crippen LogP contribution in [0.5, 0.6) is 0 Å². The maximum absolute atomic E-state index is 11.9. The van der Waals surface area contributed by atoms with Crippen LogP contribution in [0.2, 0.25) is 0 Å². The van der Waals surface area contributed by atoms with Crippen LogP contribution in [0.15, 0.2) is 0 Å². The number of hydrogen-bond donors (Lipinski definition) is 1. The van der Waals surface area contributed by atoms with Crippen LogP contribution < -0.4 is 5.73 Å². The molecule has 0 aromatic carbocycles. The maximum atomic E-state index is 11.9. The smallest absolute Gasteiger partial charge is 0.241 e. The van der Waals surface area contributed by atoms with Crippen molar-refractivity contribution < 1.29 is 9.53 Å². The number of nitrogens with two attached hydrogens (primary N) is 1. The van der Waals surface area contributed by atoms with Crippen molar-refractivity contribution in [1.29, 1.82) is 0 Å². The molecule has 0 aromatic rings. The lowest BCUT2D eigenvalue weighted by atomic mass is 10.0. The zero-order chi connectivity index (χ0) is 12.1. The summed E-state index contributed by atoms with van der Waals surface area (Å²) in [6.07, 6.45) is 2.20. The molecule has 1 aliphatic rings. The van der Waals surface area contributed by atoms with E-state index in [1.807, 2.05) is 7.05 Å². The highest BCUT2D eigenvalue weighted by molar-refractivity contribution is 5.81. The number of likely N-dealkylation sites (tertiary alicyclic amines) is 1. The molecule has 1 aliphatic heterocycles.